The Morgan fingerprint density at radius 1 is 1.10 bits per heavy atom. The van der Waals surface area contributed by atoms with Gasteiger partial charge in [-0.05, 0) is 43.9 Å². The molecule has 3 N–H and O–H groups in total. The summed E-state index contributed by atoms with van der Waals surface area (Å²) in [4.78, 5) is 14.7. The quantitative estimate of drug-likeness (QED) is 0.292. The van der Waals surface area contributed by atoms with E-state index in [1.807, 2.05) is 4.90 Å². The number of hydrogen-bond acceptors (Lipinski definition) is 9. The number of thiazole rings is 1. The number of alkyl halides is 3. The maximum absolute atomic E-state index is 16.6. The molecule has 2 aromatic heterocycles. The van der Waals surface area contributed by atoms with E-state index in [2.05, 4.69) is 20.3 Å². The number of nitrogen functional groups attached to an aromatic ring is 1. The number of ether oxygens (including phenoxy) is 2. The molecule has 0 radical (unpaired) electrons. The zero-order chi connectivity index (χ0) is 28.7. The topological polar surface area (TPSA) is 98.4 Å². The minimum Gasteiger partial charge on any atom is -0.460 e. The van der Waals surface area contributed by atoms with Crippen molar-refractivity contribution in [2.24, 2.45) is 0 Å². The third-order valence-electron chi connectivity index (χ3n) is 8.20. The predicted molar refractivity (Wildman–Crippen MR) is 144 cm³/mol. The Balaban J connectivity index is 1.47. The van der Waals surface area contributed by atoms with E-state index in [1.54, 1.807) is 7.11 Å². The van der Waals surface area contributed by atoms with Crippen LogP contribution in [0.2, 0.25) is 0 Å². The highest BCUT2D eigenvalue weighted by Gasteiger charge is 2.45. The van der Waals surface area contributed by atoms with E-state index in [1.165, 1.54) is 0 Å². The summed E-state index contributed by atoms with van der Waals surface area (Å²) in [6.07, 6.45) is -1.56. The van der Waals surface area contributed by atoms with Gasteiger partial charge in [-0.1, -0.05) is 11.3 Å². The first-order valence-electron chi connectivity index (χ1n) is 13.2. The average molecular weight is 593 g/mol. The first kappa shape index (κ1) is 26.5. The lowest BCUT2D eigenvalue weighted by atomic mass is 9.95. The van der Waals surface area contributed by atoms with E-state index in [0.29, 0.717) is 13.1 Å². The fraction of sp³-hybridized carbons (Fsp3) is 0.444. The molecule has 2 bridgehead atoms. The molecule has 3 fully saturated rings. The number of nitrogens with two attached hydrogens (primary N) is 1. The van der Waals surface area contributed by atoms with Gasteiger partial charge < -0.3 is 25.4 Å². The number of aromatic nitrogens is 3. The second-order valence-corrected chi connectivity index (χ2v) is 11.9. The molecule has 7 rings (SSSR count). The fourth-order valence-corrected chi connectivity index (χ4v) is 6.65. The standard InChI is InChI=1S/C27H25F5N6O2S/c1-39-26(6-7-26)11-40-25-36-20-15(23(37-25)38-9-12-2-3-13(10-38)34-12)8-16(27(30,31)32)18(19(20)29)14-4-5-17(28)22-21(14)35-24(33)41-22/h4-5,8,12-13,34H,2-3,6-7,9-11H2,1H3,(H2,33,35). The van der Waals surface area contributed by atoms with Crippen molar-refractivity contribution in [3.63, 3.8) is 0 Å². The summed E-state index contributed by atoms with van der Waals surface area (Å²) in [5.41, 5.74) is 2.53. The van der Waals surface area contributed by atoms with Gasteiger partial charge in [-0.3, -0.25) is 0 Å². The third-order valence-corrected chi connectivity index (χ3v) is 9.09. The maximum Gasteiger partial charge on any atom is 0.417 e. The van der Waals surface area contributed by atoms with E-state index in [-0.39, 0.29) is 62.3 Å². The van der Waals surface area contributed by atoms with Crippen LogP contribution in [-0.4, -0.2) is 59.4 Å². The molecule has 2 atom stereocenters. The van der Waals surface area contributed by atoms with Crippen molar-refractivity contribution in [1.29, 1.82) is 0 Å². The fourth-order valence-electron chi connectivity index (χ4n) is 5.89. The van der Waals surface area contributed by atoms with Crippen LogP contribution in [0.3, 0.4) is 0 Å². The molecule has 2 aromatic carbocycles. The Kier molecular flexibility index (Phi) is 6.04. The third kappa shape index (κ3) is 4.52. The molecule has 8 nitrogen and oxygen atoms in total. The Morgan fingerprint density at radius 2 is 1.83 bits per heavy atom. The van der Waals surface area contributed by atoms with Gasteiger partial charge in [-0.2, -0.15) is 23.1 Å². The SMILES string of the molecule is COC1(COc2nc(N3CC4CCC(C3)N4)c3cc(C(F)(F)F)c(-c4ccc(F)c5sc(N)nc45)c(F)c3n2)CC1. The minimum absolute atomic E-state index is 0.0538. The number of hydrogen-bond donors (Lipinski definition) is 2. The molecule has 41 heavy (non-hydrogen) atoms. The van der Waals surface area contributed by atoms with Crippen LogP contribution in [0.25, 0.3) is 32.2 Å². The van der Waals surface area contributed by atoms with Crippen molar-refractivity contribution < 1.29 is 31.4 Å². The molecule has 4 heterocycles. The number of nitrogens with zero attached hydrogens (tertiary/aromatic N) is 4. The van der Waals surface area contributed by atoms with Crippen LogP contribution >= 0.6 is 11.3 Å². The highest BCUT2D eigenvalue weighted by molar-refractivity contribution is 7.22. The lowest BCUT2D eigenvalue weighted by Gasteiger charge is -2.34. The Labute approximate surface area is 234 Å². The molecule has 1 aliphatic carbocycles. The summed E-state index contributed by atoms with van der Waals surface area (Å²) in [7, 11) is 1.57. The number of rotatable bonds is 6. The Morgan fingerprint density at radius 3 is 2.49 bits per heavy atom. The molecular weight excluding hydrogens is 567 g/mol. The first-order valence-corrected chi connectivity index (χ1v) is 14.0. The second kappa shape index (κ2) is 9.33. The lowest BCUT2D eigenvalue weighted by Crippen LogP contribution is -2.51. The number of nitrogens with one attached hydrogen (secondary N) is 1. The van der Waals surface area contributed by atoms with Crippen LogP contribution in [0, 0.1) is 11.6 Å². The lowest BCUT2D eigenvalue weighted by molar-refractivity contribution is -0.137. The average Bonchev–Trinajstić information content (AvgIpc) is 3.50. The monoisotopic (exact) mass is 592 g/mol. The number of benzene rings is 2. The molecule has 2 saturated heterocycles. The van der Waals surface area contributed by atoms with Crippen molar-refractivity contribution in [2.75, 3.05) is 37.4 Å². The minimum atomic E-state index is -4.96. The normalized spacial score (nSPS) is 21.7. The highest BCUT2D eigenvalue weighted by Crippen LogP contribution is 2.46. The predicted octanol–water partition coefficient (Wildman–Crippen LogP) is 5.28. The van der Waals surface area contributed by atoms with Gasteiger partial charge in [0.1, 0.15) is 29.4 Å². The van der Waals surface area contributed by atoms with Gasteiger partial charge in [-0.25, -0.2) is 13.8 Å². The molecular formula is C27H25F5N6O2S. The van der Waals surface area contributed by atoms with Crippen molar-refractivity contribution in [1.82, 2.24) is 20.3 Å². The van der Waals surface area contributed by atoms with Crippen LogP contribution in [0.5, 0.6) is 6.01 Å². The first-order chi connectivity index (χ1) is 19.5. The van der Waals surface area contributed by atoms with Crippen LogP contribution in [0.1, 0.15) is 31.2 Å². The zero-order valence-electron chi connectivity index (χ0n) is 21.8. The Hall–Kier alpha value is -3.36. The zero-order valence-corrected chi connectivity index (χ0v) is 22.6. The summed E-state index contributed by atoms with van der Waals surface area (Å²) in [6, 6.07) is 3.06. The van der Waals surface area contributed by atoms with Gasteiger partial charge >= 0.3 is 12.2 Å². The largest absolute Gasteiger partial charge is 0.460 e. The number of methoxy groups -OCH3 is 1. The molecule has 0 amide bonds. The summed E-state index contributed by atoms with van der Waals surface area (Å²) < 4.78 is 86.3. The summed E-state index contributed by atoms with van der Waals surface area (Å²) in [6.45, 7) is 1.10. The molecule has 2 unspecified atom stereocenters. The van der Waals surface area contributed by atoms with Gasteiger partial charge in [0.25, 0.3) is 0 Å². The molecule has 14 heteroatoms. The number of fused-ring (bicyclic) bond motifs is 4. The van der Waals surface area contributed by atoms with Crippen LogP contribution in [-0.2, 0) is 10.9 Å². The van der Waals surface area contributed by atoms with E-state index in [4.69, 9.17) is 15.2 Å². The summed E-state index contributed by atoms with van der Waals surface area (Å²) in [5, 5.41) is 3.34. The van der Waals surface area contributed by atoms with E-state index < -0.39 is 34.5 Å². The van der Waals surface area contributed by atoms with Crippen molar-refractivity contribution >= 4 is 43.4 Å². The van der Waals surface area contributed by atoms with Gasteiger partial charge in [0, 0.05) is 48.8 Å². The van der Waals surface area contributed by atoms with Crippen molar-refractivity contribution in [2.45, 2.75) is 49.5 Å². The van der Waals surface area contributed by atoms with Crippen LogP contribution < -0.4 is 20.7 Å². The molecule has 0 spiro atoms. The van der Waals surface area contributed by atoms with E-state index >= 15 is 4.39 Å². The molecule has 3 aliphatic rings. The molecule has 216 valence electrons. The highest BCUT2D eigenvalue weighted by atomic mass is 32.1. The second-order valence-electron chi connectivity index (χ2n) is 10.9. The molecule has 1 saturated carbocycles. The summed E-state index contributed by atoms with van der Waals surface area (Å²) in [5.74, 6) is -1.77. The smallest absolute Gasteiger partial charge is 0.417 e. The van der Waals surface area contributed by atoms with E-state index in [9.17, 15) is 17.6 Å². The van der Waals surface area contributed by atoms with Gasteiger partial charge in [0.15, 0.2) is 10.9 Å². The van der Waals surface area contributed by atoms with Crippen molar-refractivity contribution in [3.8, 4) is 17.1 Å². The van der Waals surface area contributed by atoms with Crippen LogP contribution in [0.15, 0.2) is 18.2 Å². The maximum atomic E-state index is 16.6. The van der Waals surface area contributed by atoms with Gasteiger partial charge in [-0.15, -0.1) is 0 Å². The van der Waals surface area contributed by atoms with Crippen molar-refractivity contribution in [3.05, 3.63) is 35.4 Å². The summed E-state index contributed by atoms with van der Waals surface area (Å²) >= 11 is 0.775. The van der Waals surface area contributed by atoms with Gasteiger partial charge in [0.05, 0.1) is 15.8 Å². The number of halogens is 5. The molecule has 2 aliphatic heterocycles. The van der Waals surface area contributed by atoms with E-state index in [0.717, 1.165) is 55.2 Å². The van der Waals surface area contributed by atoms with Crippen LogP contribution in [0.4, 0.5) is 32.9 Å². The number of piperazine rings is 1. The Bertz CT molecular complexity index is 1680. The number of anilines is 2. The molecule has 4 aromatic rings. The van der Waals surface area contributed by atoms with Gasteiger partial charge in [0.2, 0.25) is 0 Å².